The number of hydrogen-bond acceptors (Lipinski definition) is 4. The Labute approximate surface area is 187 Å². The molecule has 2 rings (SSSR count). The second-order valence-electron chi connectivity index (χ2n) is 8.13. The van der Waals surface area contributed by atoms with Crippen LogP contribution in [0.2, 0.25) is 0 Å². The molecule has 0 bridgehead atoms. The van der Waals surface area contributed by atoms with Crippen LogP contribution in [-0.4, -0.2) is 16.6 Å². The Morgan fingerprint density at radius 1 is 0.710 bits per heavy atom. The molecule has 0 aliphatic rings. The van der Waals surface area contributed by atoms with Crippen LogP contribution in [0.3, 0.4) is 0 Å². The van der Waals surface area contributed by atoms with Crippen LogP contribution in [0.1, 0.15) is 112 Å². The van der Waals surface area contributed by atoms with Crippen LogP contribution < -0.4 is 4.74 Å². The third kappa shape index (κ3) is 8.64. The third-order valence-electron chi connectivity index (χ3n) is 5.48. The lowest BCUT2D eigenvalue weighted by Gasteiger charge is -2.14. The Bertz CT molecular complexity index is 757. The molecule has 4 heteroatoms. The molecule has 1 heterocycles. The van der Waals surface area contributed by atoms with E-state index < -0.39 is 0 Å². The number of hydrogen-bond donors (Lipinski definition) is 0. The first-order valence-electron chi connectivity index (χ1n) is 12.0. The van der Waals surface area contributed by atoms with Crippen LogP contribution in [-0.2, 0) is 0 Å². The van der Waals surface area contributed by atoms with Gasteiger partial charge in [-0.2, -0.15) is 0 Å². The molecular formula is C27H37NO3. The molecule has 0 unspecified atom stereocenters. The highest BCUT2D eigenvalue weighted by Crippen LogP contribution is 2.31. The van der Waals surface area contributed by atoms with E-state index in [4.69, 9.17) is 4.74 Å². The van der Waals surface area contributed by atoms with E-state index in [0.717, 1.165) is 38.5 Å². The summed E-state index contributed by atoms with van der Waals surface area (Å²) in [6.07, 6.45) is 13.5. The van der Waals surface area contributed by atoms with Crippen molar-refractivity contribution in [3.63, 3.8) is 0 Å². The Morgan fingerprint density at radius 3 is 1.74 bits per heavy atom. The lowest BCUT2D eigenvalue weighted by Crippen LogP contribution is -2.08. The molecule has 168 valence electrons. The summed E-state index contributed by atoms with van der Waals surface area (Å²) in [5.74, 6) is 0.807. The van der Waals surface area contributed by atoms with E-state index in [2.05, 4.69) is 18.8 Å². The number of carbonyl (C=O) groups excluding carboxylic acids is 2. The molecule has 31 heavy (non-hydrogen) atoms. The second kappa shape index (κ2) is 14.5. The topological polar surface area (TPSA) is 56.3 Å². The molecule has 0 spiro atoms. The van der Waals surface area contributed by atoms with Gasteiger partial charge in [-0.3, -0.25) is 9.59 Å². The van der Waals surface area contributed by atoms with Gasteiger partial charge in [0.1, 0.15) is 0 Å². The van der Waals surface area contributed by atoms with E-state index in [1.54, 1.807) is 30.5 Å². The molecule has 4 nitrogen and oxygen atoms in total. The number of aromatic nitrogens is 1. The summed E-state index contributed by atoms with van der Waals surface area (Å²) in [6.45, 7) is 4.36. The number of unbranched alkanes of at least 4 members (excludes halogenated alkanes) is 8. The molecule has 1 aromatic carbocycles. The van der Waals surface area contributed by atoms with Gasteiger partial charge in [0, 0.05) is 25.1 Å². The largest absolute Gasteiger partial charge is 0.438 e. The van der Waals surface area contributed by atoms with Gasteiger partial charge in [-0.05, 0) is 31.0 Å². The number of benzene rings is 1. The van der Waals surface area contributed by atoms with E-state index in [9.17, 15) is 9.59 Å². The monoisotopic (exact) mass is 423 g/mol. The van der Waals surface area contributed by atoms with Crippen molar-refractivity contribution in [2.45, 2.75) is 90.9 Å². The number of rotatable bonds is 16. The highest BCUT2D eigenvalue weighted by Gasteiger charge is 2.21. The summed E-state index contributed by atoms with van der Waals surface area (Å²) in [4.78, 5) is 30.2. The maximum Gasteiger partial charge on any atom is 0.219 e. The molecule has 0 N–H and O–H groups in total. The molecule has 2 aromatic rings. The smallest absolute Gasteiger partial charge is 0.219 e. The van der Waals surface area contributed by atoms with E-state index in [1.165, 1.54) is 25.7 Å². The number of ether oxygens (including phenoxy) is 1. The van der Waals surface area contributed by atoms with Gasteiger partial charge in [-0.15, -0.1) is 0 Å². The lowest BCUT2D eigenvalue weighted by atomic mass is 9.97. The minimum atomic E-state index is 0.0278. The zero-order valence-electron chi connectivity index (χ0n) is 19.2. The highest BCUT2D eigenvalue weighted by atomic mass is 16.5. The number of nitrogens with zero attached hydrogens (tertiary/aromatic N) is 1. The molecule has 0 aliphatic carbocycles. The first kappa shape index (κ1) is 24.8. The van der Waals surface area contributed by atoms with Crippen LogP contribution >= 0.6 is 0 Å². The molecule has 0 saturated heterocycles. The molecular weight excluding hydrogens is 386 g/mol. The maximum absolute atomic E-state index is 13.0. The van der Waals surface area contributed by atoms with Crippen molar-refractivity contribution in [2.24, 2.45) is 0 Å². The molecule has 0 atom stereocenters. The van der Waals surface area contributed by atoms with Crippen molar-refractivity contribution in [2.75, 3.05) is 0 Å². The predicted molar refractivity (Wildman–Crippen MR) is 126 cm³/mol. The minimum Gasteiger partial charge on any atom is -0.438 e. The summed E-state index contributed by atoms with van der Waals surface area (Å²) in [5.41, 5.74) is 0.968. The SMILES string of the molecule is CCCCCCCC(=O)c1cccc(C(=O)CCCCCCC)c1Oc1ccccn1. The van der Waals surface area contributed by atoms with Gasteiger partial charge in [0.25, 0.3) is 0 Å². The number of carbonyl (C=O) groups is 2. The predicted octanol–water partition coefficient (Wildman–Crippen LogP) is 7.96. The third-order valence-corrected chi connectivity index (χ3v) is 5.48. The Hall–Kier alpha value is -2.49. The Balaban J connectivity index is 2.16. The van der Waals surface area contributed by atoms with Gasteiger partial charge in [0.05, 0.1) is 11.1 Å². The van der Waals surface area contributed by atoms with Crippen molar-refractivity contribution < 1.29 is 14.3 Å². The normalized spacial score (nSPS) is 10.8. The van der Waals surface area contributed by atoms with E-state index >= 15 is 0 Å². The average Bonchev–Trinajstić information content (AvgIpc) is 2.79. The summed E-state index contributed by atoms with van der Waals surface area (Å²) < 4.78 is 6.02. The molecule has 0 radical (unpaired) electrons. The first-order chi connectivity index (χ1) is 15.2. The maximum atomic E-state index is 13.0. The van der Waals surface area contributed by atoms with E-state index in [1.807, 2.05) is 12.1 Å². The summed E-state index contributed by atoms with van der Waals surface area (Å²) in [6, 6.07) is 10.7. The second-order valence-corrected chi connectivity index (χ2v) is 8.13. The summed E-state index contributed by atoms with van der Waals surface area (Å²) >= 11 is 0. The molecule has 0 aliphatic heterocycles. The van der Waals surface area contributed by atoms with Crippen LogP contribution in [0, 0.1) is 0 Å². The zero-order valence-corrected chi connectivity index (χ0v) is 19.2. The van der Waals surface area contributed by atoms with Crippen molar-refractivity contribution in [1.29, 1.82) is 0 Å². The molecule has 0 saturated carbocycles. The van der Waals surface area contributed by atoms with Crippen LogP contribution in [0.15, 0.2) is 42.6 Å². The molecule has 0 fully saturated rings. The van der Waals surface area contributed by atoms with Crippen LogP contribution in [0.25, 0.3) is 0 Å². The van der Waals surface area contributed by atoms with Crippen LogP contribution in [0.4, 0.5) is 0 Å². The van der Waals surface area contributed by atoms with Crippen molar-refractivity contribution >= 4 is 11.6 Å². The number of ketones is 2. The van der Waals surface area contributed by atoms with Gasteiger partial charge in [0.2, 0.25) is 5.88 Å². The highest BCUT2D eigenvalue weighted by molar-refractivity contribution is 6.05. The summed E-state index contributed by atoms with van der Waals surface area (Å²) in [7, 11) is 0. The fourth-order valence-corrected chi connectivity index (χ4v) is 3.65. The fourth-order valence-electron chi connectivity index (χ4n) is 3.65. The molecule has 1 aromatic heterocycles. The quantitative estimate of drug-likeness (QED) is 0.203. The van der Waals surface area contributed by atoms with Gasteiger partial charge >= 0.3 is 0 Å². The van der Waals surface area contributed by atoms with E-state index in [0.29, 0.717) is 35.6 Å². The zero-order chi connectivity index (χ0) is 22.3. The van der Waals surface area contributed by atoms with Gasteiger partial charge < -0.3 is 4.74 Å². The van der Waals surface area contributed by atoms with Crippen molar-refractivity contribution in [1.82, 2.24) is 4.98 Å². The van der Waals surface area contributed by atoms with E-state index in [-0.39, 0.29) is 11.6 Å². The number of para-hydroxylation sites is 1. The number of pyridine rings is 1. The van der Waals surface area contributed by atoms with Gasteiger partial charge in [-0.25, -0.2) is 4.98 Å². The van der Waals surface area contributed by atoms with Crippen LogP contribution in [0.5, 0.6) is 11.6 Å². The molecule has 0 amide bonds. The number of Topliss-reactive ketones (excluding diaryl/α,β-unsaturated/α-hetero) is 2. The van der Waals surface area contributed by atoms with Crippen molar-refractivity contribution in [3.8, 4) is 11.6 Å². The Kier molecular flexibility index (Phi) is 11.6. The van der Waals surface area contributed by atoms with Crippen molar-refractivity contribution in [3.05, 3.63) is 53.7 Å². The van der Waals surface area contributed by atoms with Gasteiger partial charge in [-0.1, -0.05) is 77.3 Å². The summed E-state index contributed by atoms with van der Waals surface area (Å²) in [5, 5.41) is 0. The standard InChI is InChI=1S/C27H37NO3/c1-3-5-7-9-11-18-24(29)22-16-15-17-23(25(30)19-12-10-8-6-4-2)27(22)31-26-20-13-14-21-28-26/h13-17,20-21H,3-12,18-19H2,1-2H3. The fraction of sp³-hybridized carbons (Fsp3) is 0.519. The lowest BCUT2D eigenvalue weighted by molar-refractivity contribution is 0.0975. The average molecular weight is 424 g/mol. The van der Waals surface area contributed by atoms with Gasteiger partial charge in [0.15, 0.2) is 17.3 Å². The Morgan fingerprint density at radius 2 is 1.26 bits per heavy atom. The minimum absolute atomic E-state index is 0.0278. The first-order valence-corrected chi connectivity index (χ1v) is 12.0.